The van der Waals surface area contributed by atoms with Crippen LogP contribution in [-0.2, 0) is 53.8 Å². The van der Waals surface area contributed by atoms with Gasteiger partial charge in [0.05, 0.1) is 12.9 Å². The first kappa shape index (κ1) is 38.3. The van der Waals surface area contributed by atoms with Crippen LogP contribution in [0.25, 0.3) is 0 Å². The first-order valence-electron chi connectivity index (χ1n) is 12.0. The van der Waals surface area contributed by atoms with Crippen LogP contribution >= 0.6 is 0 Å². The van der Waals surface area contributed by atoms with Crippen LogP contribution in [0.1, 0.15) is 54.4 Å². The predicted octanol–water partition coefficient (Wildman–Crippen LogP) is -0.0723. The number of ketones is 1. The van der Waals surface area contributed by atoms with Gasteiger partial charge in [-0.3, -0.25) is 32.1 Å². The lowest BCUT2D eigenvalue weighted by atomic mass is 9.92. The molecule has 1 heterocycles. The predicted molar refractivity (Wildman–Crippen MR) is 133 cm³/mol. The molecule has 1 aliphatic rings. The van der Waals surface area contributed by atoms with Gasteiger partial charge in [-0.25, -0.2) is 0 Å². The molecule has 0 aromatic carbocycles. The van der Waals surface area contributed by atoms with Crippen LogP contribution in [0.3, 0.4) is 0 Å². The molecule has 9 nitrogen and oxygen atoms in total. The Bertz CT molecular complexity index is 732. The summed E-state index contributed by atoms with van der Waals surface area (Å²) >= 11 is 0. The van der Waals surface area contributed by atoms with Gasteiger partial charge in [-0.2, -0.15) is 0 Å². The molecule has 1 aliphatic heterocycles. The van der Waals surface area contributed by atoms with Crippen molar-refractivity contribution in [2.45, 2.75) is 79.0 Å². The van der Waals surface area contributed by atoms with Gasteiger partial charge in [0.15, 0.2) is 12.4 Å². The minimum atomic E-state index is -3.67. The van der Waals surface area contributed by atoms with Gasteiger partial charge in [0, 0.05) is 39.0 Å². The van der Waals surface area contributed by atoms with Gasteiger partial charge in [0.1, 0.15) is 36.1 Å². The zero-order valence-corrected chi connectivity index (χ0v) is 23.7. The SMILES string of the molecule is CC[C@@H](CC[S+](C)CCO[C@@H]1O[C@H](COC(C)=O)[C@@H](OC(C)=O)[C@H](OC(C)=O)[C@H]1C)C(C)=O.FB(F)F.[F-]. The third kappa shape index (κ3) is 16.2. The number of rotatable bonds is 13. The summed E-state index contributed by atoms with van der Waals surface area (Å²) in [6.07, 6.45) is 0.531. The number of halogens is 4. The van der Waals surface area contributed by atoms with E-state index in [9.17, 15) is 32.1 Å². The minimum Gasteiger partial charge on any atom is -1.00 e. The summed E-state index contributed by atoms with van der Waals surface area (Å²) in [5, 5.41) is 0. The highest BCUT2D eigenvalue weighted by molar-refractivity contribution is 7.96. The van der Waals surface area contributed by atoms with Crippen LogP contribution in [0.15, 0.2) is 0 Å². The van der Waals surface area contributed by atoms with E-state index in [2.05, 4.69) is 6.26 Å². The van der Waals surface area contributed by atoms with Crippen molar-refractivity contribution >= 4 is 42.1 Å². The normalized spacial score (nSPS) is 23.9. The second-order valence-corrected chi connectivity index (χ2v) is 11.0. The number of Topliss-reactive ketones (excluding diaryl/α,β-unsaturated/α-hetero) is 1. The highest BCUT2D eigenvalue weighted by atomic mass is 32.2. The number of carbonyl (C=O) groups excluding carboxylic acids is 4. The van der Waals surface area contributed by atoms with Gasteiger partial charge < -0.3 is 28.4 Å². The van der Waals surface area contributed by atoms with Crippen molar-refractivity contribution in [1.29, 1.82) is 0 Å². The van der Waals surface area contributed by atoms with Crippen LogP contribution in [0.5, 0.6) is 0 Å². The first-order valence-corrected chi connectivity index (χ1v) is 13.9. The molecule has 1 saturated heterocycles. The van der Waals surface area contributed by atoms with Crippen molar-refractivity contribution in [3.8, 4) is 0 Å². The van der Waals surface area contributed by atoms with E-state index >= 15 is 0 Å². The summed E-state index contributed by atoms with van der Waals surface area (Å²) in [5.74, 6) is 0.0516. The zero-order valence-electron chi connectivity index (χ0n) is 22.9. The van der Waals surface area contributed by atoms with E-state index in [0.717, 1.165) is 24.3 Å². The Morgan fingerprint density at radius 1 is 0.947 bits per heavy atom. The van der Waals surface area contributed by atoms with Crippen molar-refractivity contribution in [2.75, 3.05) is 31.0 Å². The summed E-state index contributed by atoms with van der Waals surface area (Å²) < 4.78 is 56.9. The lowest BCUT2D eigenvalue weighted by Gasteiger charge is -2.43. The van der Waals surface area contributed by atoms with Crippen molar-refractivity contribution in [1.82, 2.24) is 0 Å². The Morgan fingerprint density at radius 3 is 1.92 bits per heavy atom. The van der Waals surface area contributed by atoms with Crippen molar-refractivity contribution in [3.05, 3.63) is 0 Å². The molecule has 0 bridgehead atoms. The van der Waals surface area contributed by atoms with Gasteiger partial charge in [-0.05, 0) is 24.2 Å². The Morgan fingerprint density at radius 2 is 1.47 bits per heavy atom. The van der Waals surface area contributed by atoms with Gasteiger partial charge in [-0.1, -0.05) is 13.8 Å². The van der Waals surface area contributed by atoms with Gasteiger partial charge in [0.25, 0.3) is 0 Å². The Labute approximate surface area is 224 Å². The maximum atomic E-state index is 11.7. The zero-order chi connectivity index (χ0) is 28.7. The van der Waals surface area contributed by atoms with Gasteiger partial charge >= 0.3 is 25.5 Å². The maximum absolute atomic E-state index is 11.7. The summed E-state index contributed by atoms with van der Waals surface area (Å²) in [7, 11) is -3.60. The number of carbonyl (C=O) groups is 4. The third-order valence-corrected chi connectivity index (χ3v) is 7.39. The topological polar surface area (TPSA) is 114 Å². The minimum absolute atomic E-state index is 0. The summed E-state index contributed by atoms with van der Waals surface area (Å²) in [4.78, 5) is 46.3. The van der Waals surface area contributed by atoms with E-state index in [0.29, 0.717) is 6.61 Å². The van der Waals surface area contributed by atoms with Crippen molar-refractivity contribution < 1.29 is 60.5 Å². The van der Waals surface area contributed by atoms with E-state index in [1.165, 1.54) is 20.8 Å². The van der Waals surface area contributed by atoms with E-state index < -0.39 is 56.0 Å². The Kier molecular flexibility index (Phi) is 20.2. The monoisotopic (exact) mass is 578 g/mol. The smallest absolute Gasteiger partial charge is 0.762 e. The van der Waals surface area contributed by atoms with Crippen LogP contribution < -0.4 is 4.70 Å². The summed E-state index contributed by atoms with van der Waals surface area (Å²) in [6.45, 7) is 9.50. The molecule has 1 unspecified atom stereocenters. The Balaban J connectivity index is 0. The molecule has 15 heteroatoms. The van der Waals surface area contributed by atoms with E-state index in [-0.39, 0.29) is 33.9 Å². The molecule has 38 heavy (non-hydrogen) atoms. The molecule has 0 aromatic heterocycles. The Hall–Kier alpha value is -1.87. The number of esters is 3. The van der Waals surface area contributed by atoms with Crippen LogP contribution in [0.2, 0.25) is 0 Å². The quantitative estimate of drug-likeness (QED) is 0.0975. The molecule has 0 aromatic rings. The lowest BCUT2D eigenvalue weighted by Crippen LogP contribution is -3.00. The molecule has 222 valence electrons. The molecule has 0 aliphatic carbocycles. The average molecular weight is 578 g/mol. The molecule has 0 spiro atoms. The maximum Gasteiger partial charge on any atom is 0.762 e. The van der Waals surface area contributed by atoms with E-state index in [1.807, 2.05) is 6.92 Å². The molecule has 7 atom stereocenters. The molecule has 0 N–H and O–H groups in total. The fraction of sp³-hybridized carbons (Fsp3) is 0.826. The molecular weight excluding hydrogens is 539 g/mol. The van der Waals surface area contributed by atoms with Crippen LogP contribution in [0, 0.1) is 11.8 Å². The average Bonchev–Trinajstić information content (AvgIpc) is 2.76. The van der Waals surface area contributed by atoms with Gasteiger partial charge in [0.2, 0.25) is 0 Å². The van der Waals surface area contributed by atoms with Crippen molar-refractivity contribution in [2.24, 2.45) is 11.8 Å². The van der Waals surface area contributed by atoms with Crippen LogP contribution in [0.4, 0.5) is 12.9 Å². The second-order valence-electron chi connectivity index (χ2n) is 8.67. The highest BCUT2D eigenvalue weighted by Gasteiger charge is 2.48. The molecule has 1 rings (SSSR count). The summed E-state index contributed by atoms with van der Waals surface area (Å²) in [6, 6.07) is 0. The fourth-order valence-electron chi connectivity index (χ4n) is 3.71. The molecule has 0 saturated carbocycles. The van der Waals surface area contributed by atoms with Crippen LogP contribution in [-0.4, -0.2) is 86.8 Å². The standard InChI is InChI=1S/C23H39O9S.BF3.FH/c1-8-19(15(3)24)9-11-33(7)12-10-28-23-14(2)21(30-17(5)26)22(31-18(6)27)20(32-23)13-29-16(4)25;2-1(3)4;/h14,19-23H,8-13H2,1-7H3;;1H/q+1;;/p-1/t14-,19+,20-,21-,22-,23-,33?;;/m1../s1. The molecular formula is C23H39BF4O9S. The molecule has 1 fully saturated rings. The van der Waals surface area contributed by atoms with E-state index in [1.54, 1.807) is 13.8 Å². The summed E-state index contributed by atoms with van der Waals surface area (Å²) in [5.41, 5.74) is 0. The largest absolute Gasteiger partial charge is 1.00 e. The number of hydrogen-bond acceptors (Lipinski definition) is 9. The number of hydrogen-bond donors (Lipinski definition) is 0. The second kappa shape index (κ2) is 20.1. The fourth-order valence-corrected chi connectivity index (χ4v) is 4.98. The molecule has 0 radical (unpaired) electrons. The third-order valence-electron chi connectivity index (χ3n) is 5.60. The lowest BCUT2D eigenvalue weighted by molar-refractivity contribution is -0.287. The van der Waals surface area contributed by atoms with Gasteiger partial charge in [-0.15, -0.1) is 0 Å². The van der Waals surface area contributed by atoms with E-state index in [4.69, 9.17) is 23.7 Å². The molecule has 0 amide bonds. The van der Waals surface area contributed by atoms with Crippen molar-refractivity contribution in [3.63, 3.8) is 0 Å². The first-order chi connectivity index (χ1) is 17.2. The highest BCUT2D eigenvalue weighted by Crippen LogP contribution is 2.31. The number of ether oxygens (including phenoxy) is 5.